The summed E-state index contributed by atoms with van der Waals surface area (Å²) in [6, 6.07) is 13.0. The summed E-state index contributed by atoms with van der Waals surface area (Å²) in [5.41, 5.74) is 3.45. The molecule has 3 aliphatic rings. The van der Waals surface area contributed by atoms with Gasteiger partial charge in [0.1, 0.15) is 0 Å². The number of hydrogen-bond acceptors (Lipinski definition) is 5. The maximum Gasteiger partial charge on any atom is 0.258 e. The van der Waals surface area contributed by atoms with Crippen LogP contribution in [-0.4, -0.2) is 40.4 Å². The first-order chi connectivity index (χ1) is 18.5. The van der Waals surface area contributed by atoms with E-state index in [4.69, 9.17) is 13.9 Å². The molecule has 2 heterocycles. The normalized spacial score (nSPS) is 23.4. The molecule has 1 fully saturated rings. The van der Waals surface area contributed by atoms with Gasteiger partial charge in [0.15, 0.2) is 11.5 Å². The largest absolute Gasteiger partial charge is 0.546 e. The number of ether oxygens (including phenoxy) is 2. The zero-order valence-electron chi connectivity index (χ0n) is 24.3. The fourth-order valence-electron chi connectivity index (χ4n) is 7.39. The fraction of sp³-hybridized carbons (Fsp3) is 0.548. The molecule has 1 aliphatic carbocycles. The number of fused-ring (bicyclic) bond motifs is 2. The second-order valence-corrected chi connectivity index (χ2v) is 19.6. The van der Waals surface area contributed by atoms with Crippen molar-refractivity contribution in [3.63, 3.8) is 0 Å². The van der Waals surface area contributed by atoms with E-state index in [-0.39, 0.29) is 24.7 Å². The Hall–Kier alpha value is -2.29. The molecule has 39 heavy (non-hydrogen) atoms. The monoisotopic (exact) mass is 569 g/mol. The lowest BCUT2D eigenvalue weighted by Crippen LogP contribution is -2.50. The smallest absolute Gasteiger partial charge is 0.258 e. The highest BCUT2D eigenvalue weighted by Crippen LogP contribution is 2.51. The molecule has 2 aliphatic heterocycles. The van der Waals surface area contributed by atoms with Crippen LogP contribution in [-0.2, 0) is 14.4 Å². The van der Waals surface area contributed by atoms with Crippen molar-refractivity contribution >= 4 is 18.3 Å². The summed E-state index contributed by atoms with van der Waals surface area (Å²) >= 11 is 0. The van der Waals surface area contributed by atoms with E-state index in [0.717, 1.165) is 41.2 Å². The quantitative estimate of drug-likeness (QED) is 0.311. The van der Waals surface area contributed by atoms with E-state index in [2.05, 4.69) is 53.7 Å². The van der Waals surface area contributed by atoms with Gasteiger partial charge in [0.05, 0.1) is 10.7 Å². The average molecular weight is 570 g/mol. The standard InChI is InChI=1S/C31H43NO5SSi/c1-20(2)39(21(3)4,22(5)6)37-28-15-13-26(24-10-14-29-30(18-24)36-19-35-29)31-27(28)16-17-32(31)38(33,34)25-11-8-23(7)9-12-25/h8-12,14-15,18,20-22,26-27,31H,13,16-17,19H2,1-7H3/t26-,27+,31-/m1/s1. The number of hydrogen-bond donors (Lipinski definition) is 0. The number of allylic oxidation sites excluding steroid dienone is 1. The molecule has 1 saturated heterocycles. The van der Waals surface area contributed by atoms with Crippen LogP contribution in [0.2, 0.25) is 16.6 Å². The molecule has 0 spiro atoms. The van der Waals surface area contributed by atoms with Crippen molar-refractivity contribution in [1.29, 1.82) is 0 Å². The SMILES string of the molecule is Cc1ccc(S(=O)(=O)N2CC[C@H]3C(O[Si](C(C)C)(C(C)C)C(C)C)=CC[C@H](c4ccc5c(c4)OCO5)[C@H]32)cc1. The van der Waals surface area contributed by atoms with Crippen LogP contribution in [0.5, 0.6) is 11.5 Å². The number of benzene rings is 2. The molecule has 6 nitrogen and oxygen atoms in total. The average Bonchev–Trinajstić information content (AvgIpc) is 3.54. The summed E-state index contributed by atoms with van der Waals surface area (Å²) in [4.78, 5) is 0.352. The highest BCUT2D eigenvalue weighted by Gasteiger charge is 2.53. The van der Waals surface area contributed by atoms with Crippen LogP contribution < -0.4 is 9.47 Å². The minimum absolute atomic E-state index is 0.00668. The minimum Gasteiger partial charge on any atom is -0.546 e. The topological polar surface area (TPSA) is 65.1 Å². The molecule has 2 aromatic carbocycles. The zero-order valence-corrected chi connectivity index (χ0v) is 26.1. The fourth-order valence-corrected chi connectivity index (χ4v) is 14.5. The van der Waals surface area contributed by atoms with Gasteiger partial charge < -0.3 is 13.9 Å². The molecule has 0 aromatic heterocycles. The third-order valence-corrected chi connectivity index (χ3v) is 17.1. The van der Waals surface area contributed by atoms with Crippen molar-refractivity contribution in [2.24, 2.45) is 5.92 Å². The van der Waals surface area contributed by atoms with Crippen molar-refractivity contribution in [3.05, 3.63) is 65.4 Å². The Balaban J connectivity index is 1.58. The van der Waals surface area contributed by atoms with Gasteiger partial charge in [0, 0.05) is 24.4 Å². The molecule has 0 unspecified atom stereocenters. The molecule has 0 amide bonds. The van der Waals surface area contributed by atoms with Gasteiger partial charge in [-0.2, -0.15) is 4.31 Å². The van der Waals surface area contributed by atoms with Crippen LogP contribution in [0.15, 0.2) is 59.2 Å². The zero-order chi connectivity index (χ0) is 28.1. The van der Waals surface area contributed by atoms with Gasteiger partial charge in [-0.15, -0.1) is 0 Å². The number of sulfonamides is 1. The Kier molecular flexibility index (Phi) is 7.67. The van der Waals surface area contributed by atoms with E-state index >= 15 is 0 Å². The Labute approximate surface area is 235 Å². The Bertz CT molecular complexity index is 1310. The molecule has 3 atom stereocenters. The predicted molar refractivity (Wildman–Crippen MR) is 157 cm³/mol. The van der Waals surface area contributed by atoms with Gasteiger partial charge in [-0.3, -0.25) is 0 Å². The maximum atomic E-state index is 14.1. The van der Waals surface area contributed by atoms with E-state index < -0.39 is 18.3 Å². The van der Waals surface area contributed by atoms with Crippen molar-refractivity contribution in [2.45, 2.75) is 94.8 Å². The van der Waals surface area contributed by atoms with Gasteiger partial charge in [0.25, 0.3) is 8.32 Å². The second-order valence-electron chi connectivity index (χ2n) is 12.3. The van der Waals surface area contributed by atoms with Crippen LogP contribution in [0.1, 0.15) is 71.4 Å². The van der Waals surface area contributed by atoms with Gasteiger partial charge >= 0.3 is 0 Å². The summed E-state index contributed by atoms with van der Waals surface area (Å²) < 4.78 is 48.5. The first kappa shape index (κ1) is 28.2. The van der Waals surface area contributed by atoms with Crippen LogP contribution >= 0.6 is 0 Å². The van der Waals surface area contributed by atoms with Crippen molar-refractivity contribution in [3.8, 4) is 11.5 Å². The number of aryl methyl sites for hydroxylation is 1. The second kappa shape index (κ2) is 10.6. The molecule has 5 rings (SSSR count). The van der Waals surface area contributed by atoms with E-state index in [1.54, 1.807) is 16.4 Å². The molecular weight excluding hydrogens is 526 g/mol. The van der Waals surface area contributed by atoms with E-state index in [9.17, 15) is 8.42 Å². The Morgan fingerprint density at radius 3 is 2.18 bits per heavy atom. The maximum absolute atomic E-state index is 14.1. The van der Waals surface area contributed by atoms with Gasteiger partial charge in [-0.05, 0) is 72.3 Å². The summed E-state index contributed by atoms with van der Waals surface area (Å²) in [6.45, 7) is 16.5. The third-order valence-electron chi connectivity index (χ3n) is 9.21. The first-order valence-corrected chi connectivity index (χ1v) is 17.9. The van der Waals surface area contributed by atoms with E-state index in [1.807, 2.05) is 31.2 Å². The molecule has 0 radical (unpaired) electrons. The molecule has 0 N–H and O–H groups in total. The van der Waals surface area contributed by atoms with Crippen molar-refractivity contribution in [2.75, 3.05) is 13.3 Å². The van der Waals surface area contributed by atoms with E-state index in [0.29, 0.717) is 28.1 Å². The molecule has 8 heteroatoms. The van der Waals surface area contributed by atoms with Crippen molar-refractivity contribution < 1.29 is 22.3 Å². The Morgan fingerprint density at radius 2 is 1.54 bits per heavy atom. The molecule has 0 bridgehead atoms. The van der Waals surface area contributed by atoms with Crippen LogP contribution in [0.25, 0.3) is 0 Å². The minimum atomic E-state index is -3.69. The van der Waals surface area contributed by atoms with Gasteiger partial charge in [0.2, 0.25) is 16.8 Å². The van der Waals surface area contributed by atoms with Crippen LogP contribution in [0, 0.1) is 12.8 Å². The summed E-state index contributed by atoms with van der Waals surface area (Å²) in [5.74, 6) is 2.49. The lowest BCUT2D eigenvalue weighted by atomic mass is 9.77. The lowest BCUT2D eigenvalue weighted by Gasteiger charge is -2.46. The van der Waals surface area contributed by atoms with E-state index in [1.165, 1.54) is 0 Å². The molecule has 2 aromatic rings. The van der Waals surface area contributed by atoms with Crippen LogP contribution in [0.4, 0.5) is 0 Å². The number of rotatable bonds is 8. The summed E-state index contributed by atoms with van der Waals surface area (Å²) in [7, 11) is -5.89. The lowest BCUT2D eigenvalue weighted by molar-refractivity contribution is 0.174. The molecule has 0 saturated carbocycles. The van der Waals surface area contributed by atoms with Crippen LogP contribution in [0.3, 0.4) is 0 Å². The highest BCUT2D eigenvalue weighted by atomic mass is 32.2. The summed E-state index contributed by atoms with van der Waals surface area (Å²) in [6.07, 6.45) is 3.74. The third kappa shape index (κ3) is 4.82. The van der Waals surface area contributed by atoms with Gasteiger partial charge in [-0.1, -0.05) is 65.3 Å². The molecule has 212 valence electrons. The summed E-state index contributed by atoms with van der Waals surface area (Å²) in [5, 5.41) is 0. The highest BCUT2D eigenvalue weighted by molar-refractivity contribution is 7.89. The predicted octanol–water partition coefficient (Wildman–Crippen LogP) is 7.37. The molecular formula is C31H43NO5SSi. The van der Waals surface area contributed by atoms with Crippen molar-refractivity contribution in [1.82, 2.24) is 4.31 Å². The number of nitrogens with zero attached hydrogens (tertiary/aromatic N) is 1. The first-order valence-electron chi connectivity index (χ1n) is 14.3. The van der Waals surface area contributed by atoms with Gasteiger partial charge in [-0.25, -0.2) is 8.42 Å². The Morgan fingerprint density at radius 1 is 0.897 bits per heavy atom.